The van der Waals surface area contributed by atoms with Gasteiger partial charge in [0.1, 0.15) is 17.3 Å². The molecule has 0 aliphatic heterocycles. The highest BCUT2D eigenvalue weighted by molar-refractivity contribution is 5.86. The number of hydrogen-bond acceptors (Lipinski definition) is 4. The summed E-state index contributed by atoms with van der Waals surface area (Å²) < 4.78 is 5.35. The Bertz CT molecular complexity index is 549. The van der Waals surface area contributed by atoms with E-state index in [0.717, 1.165) is 11.3 Å². The summed E-state index contributed by atoms with van der Waals surface area (Å²) in [5.74, 6) is 0.312. The first-order valence-corrected chi connectivity index (χ1v) is 5.93. The Morgan fingerprint density at radius 1 is 1.42 bits per heavy atom. The third-order valence-corrected chi connectivity index (χ3v) is 2.52. The van der Waals surface area contributed by atoms with Crippen molar-refractivity contribution >= 4 is 11.8 Å². The van der Waals surface area contributed by atoms with E-state index in [4.69, 9.17) is 9.84 Å². The number of rotatable bonds is 6. The van der Waals surface area contributed by atoms with Gasteiger partial charge in [-0.1, -0.05) is 12.1 Å². The normalized spacial score (nSPS) is 10.2. The molecule has 1 aromatic heterocycles. The molecule has 6 nitrogen and oxygen atoms in total. The molecule has 19 heavy (non-hydrogen) atoms. The van der Waals surface area contributed by atoms with Gasteiger partial charge in [0.05, 0.1) is 6.61 Å². The lowest BCUT2D eigenvalue weighted by molar-refractivity contribution is 0.0690. The molecule has 0 spiro atoms. The molecule has 0 unspecified atom stereocenters. The van der Waals surface area contributed by atoms with Crippen LogP contribution in [0.1, 0.15) is 23.0 Å². The summed E-state index contributed by atoms with van der Waals surface area (Å²) in [6.45, 7) is 3.15. The van der Waals surface area contributed by atoms with Crippen LogP contribution in [0.5, 0.6) is 5.75 Å². The summed E-state index contributed by atoms with van der Waals surface area (Å²) in [6.07, 6.45) is 0. The van der Waals surface area contributed by atoms with E-state index in [1.807, 2.05) is 31.2 Å². The Morgan fingerprint density at radius 3 is 2.74 bits per heavy atom. The molecular weight excluding hydrogens is 246 g/mol. The number of nitrogens with one attached hydrogen (secondary N) is 2. The Labute approximate surface area is 110 Å². The maximum absolute atomic E-state index is 10.7. The van der Waals surface area contributed by atoms with Crippen LogP contribution in [-0.2, 0) is 6.54 Å². The fraction of sp³-hybridized carbons (Fsp3) is 0.231. The average Bonchev–Trinajstić information content (AvgIpc) is 2.87. The van der Waals surface area contributed by atoms with Crippen molar-refractivity contribution < 1.29 is 14.6 Å². The molecule has 6 heteroatoms. The molecule has 0 atom stereocenters. The lowest BCUT2D eigenvalue weighted by Crippen LogP contribution is -2.00. The van der Waals surface area contributed by atoms with Crippen molar-refractivity contribution in [3.05, 3.63) is 41.6 Å². The topological polar surface area (TPSA) is 87.2 Å². The van der Waals surface area contributed by atoms with Crippen LogP contribution in [0, 0.1) is 0 Å². The van der Waals surface area contributed by atoms with E-state index in [9.17, 15) is 4.79 Å². The van der Waals surface area contributed by atoms with Crippen molar-refractivity contribution in [3.63, 3.8) is 0 Å². The van der Waals surface area contributed by atoms with Crippen molar-refractivity contribution in [2.75, 3.05) is 11.9 Å². The molecule has 2 aromatic rings. The molecule has 0 aliphatic carbocycles. The largest absolute Gasteiger partial charge is 0.494 e. The summed E-state index contributed by atoms with van der Waals surface area (Å²) in [5.41, 5.74) is 1.12. The van der Waals surface area contributed by atoms with Gasteiger partial charge < -0.3 is 15.2 Å². The molecule has 1 aromatic carbocycles. The Kier molecular flexibility index (Phi) is 4.02. The summed E-state index contributed by atoms with van der Waals surface area (Å²) in [5, 5.41) is 18.1. The van der Waals surface area contributed by atoms with Crippen LogP contribution in [0.2, 0.25) is 0 Å². The number of carbonyl (C=O) groups is 1. The van der Waals surface area contributed by atoms with Crippen molar-refractivity contribution in [1.29, 1.82) is 0 Å². The third-order valence-electron chi connectivity index (χ3n) is 2.52. The number of aromatic carboxylic acids is 1. The van der Waals surface area contributed by atoms with Gasteiger partial charge >= 0.3 is 5.97 Å². The number of H-pyrrole nitrogens is 1. The Balaban J connectivity index is 1.92. The predicted molar refractivity (Wildman–Crippen MR) is 70.5 cm³/mol. The lowest BCUT2D eigenvalue weighted by Gasteiger charge is -2.05. The second kappa shape index (κ2) is 5.90. The number of aromatic nitrogens is 2. The lowest BCUT2D eigenvalue weighted by atomic mass is 10.2. The smallest absolute Gasteiger partial charge is 0.353 e. The molecule has 0 radical (unpaired) electrons. The monoisotopic (exact) mass is 261 g/mol. The number of carboxylic acids is 1. The number of aromatic amines is 1. The maximum Gasteiger partial charge on any atom is 0.353 e. The predicted octanol–water partition coefficient (Wildman–Crippen LogP) is 2.12. The van der Waals surface area contributed by atoms with Crippen molar-refractivity contribution in [3.8, 4) is 5.75 Å². The number of nitrogens with zero attached hydrogens (tertiary/aromatic N) is 1. The highest BCUT2D eigenvalue weighted by atomic mass is 16.5. The number of carboxylic acid groups (broad SMARTS) is 1. The van der Waals surface area contributed by atoms with Crippen molar-refractivity contribution in [2.24, 2.45) is 0 Å². The second-order valence-electron chi connectivity index (χ2n) is 3.90. The molecule has 0 saturated carbocycles. The first-order valence-electron chi connectivity index (χ1n) is 5.93. The Hall–Kier alpha value is -2.50. The van der Waals surface area contributed by atoms with Crippen LogP contribution in [0.4, 0.5) is 5.82 Å². The molecule has 100 valence electrons. The maximum atomic E-state index is 10.7. The first kappa shape index (κ1) is 12.9. The van der Waals surface area contributed by atoms with Gasteiger partial charge in [-0.3, -0.25) is 5.10 Å². The van der Waals surface area contributed by atoms with Crippen LogP contribution >= 0.6 is 0 Å². The van der Waals surface area contributed by atoms with E-state index in [0.29, 0.717) is 19.0 Å². The fourth-order valence-electron chi connectivity index (χ4n) is 1.58. The average molecular weight is 261 g/mol. The summed E-state index contributed by atoms with van der Waals surface area (Å²) in [4.78, 5) is 10.7. The zero-order chi connectivity index (χ0) is 13.7. The zero-order valence-corrected chi connectivity index (χ0v) is 10.5. The second-order valence-corrected chi connectivity index (χ2v) is 3.90. The number of ether oxygens (including phenoxy) is 1. The van der Waals surface area contributed by atoms with Gasteiger partial charge in [-0.05, 0) is 24.6 Å². The standard InChI is InChI=1S/C13H15N3O3/c1-2-19-10-5-3-9(4-6-10)8-14-12-7-11(13(17)18)15-16-12/h3-7H,2,8H2,1H3,(H,17,18)(H2,14,15,16). The van der Waals surface area contributed by atoms with Crippen LogP contribution in [0.25, 0.3) is 0 Å². The molecule has 0 saturated heterocycles. The molecule has 0 fully saturated rings. The zero-order valence-electron chi connectivity index (χ0n) is 10.5. The van der Waals surface area contributed by atoms with Crippen LogP contribution in [0.3, 0.4) is 0 Å². The summed E-state index contributed by atoms with van der Waals surface area (Å²) >= 11 is 0. The van der Waals surface area contributed by atoms with Gasteiger partial charge in [-0.15, -0.1) is 0 Å². The van der Waals surface area contributed by atoms with E-state index in [1.165, 1.54) is 6.07 Å². The molecule has 2 rings (SSSR count). The minimum Gasteiger partial charge on any atom is -0.494 e. The molecule has 1 heterocycles. The van der Waals surface area contributed by atoms with Crippen LogP contribution in [0.15, 0.2) is 30.3 Å². The van der Waals surface area contributed by atoms with E-state index in [1.54, 1.807) is 0 Å². The highest BCUT2D eigenvalue weighted by Gasteiger charge is 2.06. The molecular formula is C13H15N3O3. The third kappa shape index (κ3) is 3.48. The molecule has 0 bridgehead atoms. The van der Waals surface area contributed by atoms with Gasteiger partial charge in [0.25, 0.3) is 0 Å². The number of benzene rings is 1. The van der Waals surface area contributed by atoms with Gasteiger partial charge in [0.15, 0.2) is 0 Å². The highest BCUT2D eigenvalue weighted by Crippen LogP contribution is 2.13. The van der Waals surface area contributed by atoms with E-state index in [2.05, 4.69) is 15.5 Å². The number of anilines is 1. The SMILES string of the molecule is CCOc1ccc(CNc2cc(C(=O)O)[nH]n2)cc1. The quantitative estimate of drug-likeness (QED) is 0.741. The fourth-order valence-corrected chi connectivity index (χ4v) is 1.58. The van der Waals surface area contributed by atoms with Gasteiger partial charge in [0, 0.05) is 12.6 Å². The van der Waals surface area contributed by atoms with Gasteiger partial charge in [0.2, 0.25) is 0 Å². The van der Waals surface area contributed by atoms with Crippen molar-refractivity contribution in [1.82, 2.24) is 10.2 Å². The van der Waals surface area contributed by atoms with Crippen LogP contribution < -0.4 is 10.1 Å². The molecule has 0 amide bonds. The minimum absolute atomic E-state index is 0.0641. The van der Waals surface area contributed by atoms with E-state index in [-0.39, 0.29) is 5.69 Å². The minimum atomic E-state index is -1.03. The summed E-state index contributed by atoms with van der Waals surface area (Å²) in [6, 6.07) is 9.14. The van der Waals surface area contributed by atoms with E-state index < -0.39 is 5.97 Å². The molecule has 3 N–H and O–H groups in total. The van der Waals surface area contributed by atoms with Gasteiger partial charge in [-0.25, -0.2) is 4.79 Å². The molecule has 0 aliphatic rings. The summed E-state index contributed by atoms with van der Waals surface area (Å²) in [7, 11) is 0. The number of hydrogen-bond donors (Lipinski definition) is 3. The first-order chi connectivity index (χ1) is 9.19. The van der Waals surface area contributed by atoms with Gasteiger partial charge in [-0.2, -0.15) is 5.10 Å². The van der Waals surface area contributed by atoms with Crippen molar-refractivity contribution in [2.45, 2.75) is 13.5 Å². The Morgan fingerprint density at radius 2 is 2.16 bits per heavy atom. The van der Waals surface area contributed by atoms with E-state index >= 15 is 0 Å². The van der Waals surface area contributed by atoms with Crippen LogP contribution in [-0.4, -0.2) is 27.9 Å².